The first-order valence-electron chi connectivity index (χ1n) is 12.1. The van der Waals surface area contributed by atoms with Crippen molar-refractivity contribution in [3.63, 3.8) is 0 Å². The molecule has 1 atom stereocenters. The van der Waals surface area contributed by atoms with Crippen LogP contribution in [0.3, 0.4) is 0 Å². The Bertz CT molecular complexity index is 1430. The quantitative estimate of drug-likeness (QED) is 0.608. The van der Waals surface area contributed by atoms with Crippen molar-refractivity contribution in [3.8, 4) is 5.69 Å². The van der Waals surface area contributed by atoms with Gasteiger partial charge in [0, 0.05) is 17.4 Å². The van der Waals surface area contributed by atoms with Gasteiger partial charge in [-0.3, -0.25) is 0 Å². The highest BCUT2D eigenvalue weighted by Gasteiger charge is 2.58. The van der Waals surface area contributed by atoms with Gasteiger partial charge >= 0.3 is 0 Å². The Hall–Kier alpha value is -3.69. The van der Waals surface area contributed by atoms with Gasteiger partial charge in [0.05, 0.1) is 31.8 Å². The Balaban J connectivity index is 1.29. The fourth-order valence-corrected chi connectivity index (χ4v) is 5.48. The number of benzene rings is 2. The lowest BCUT2D eigenvalue weighted by Crippen LogP contribution is -2.66. The van der Waals surface area contributed by atoms with Crippen LogP contribution in [0.15, 0.2) is 59.8 Å². The fraction of sp³-hybridized carbons (Fsp3) is 0.333. The van der Waals surface area contributed by atoms with E-state index in [1.54, 1.807) is 12.1 Å². The summed E-state index contributed by atoms with van der Waals surface area (Å²) in [5.74, 6) is 0.722. The average molecular weight is 489 g/mol. The first kappa shape index (κ1) is 21.6. The smallest absolute Gasteiger partial charge is 0.260 e. The van der Waals surface area contributed by atoms with E-state index in [0.29, 0.717) is 36.9 Å². The Morgan fingerprint density at radius 3 is 2.56 bits per heavy atom. The van der Waals surface area contributed by atoms with Gasteiger partial charge in [-0.05, 0) is 72.9 Å². The molecule has 3 aliphatic heterocycles. The van der Waals surface area contributed by atoms with Gasteiger partial charge in [-0.15, -0.1) is 0 Å². The van der Waals surface area contributed by atoms with Crippen LogP contribution in [0.25, 0.3) is 11.8 Å². The molecule has 1 spiro atoms. The predicted molar refractivity (Wildman–Crippen MR) is 129 cm³/mol. The number of nitrogens with zero attached hydrogens (tertiary/aromatic N) is 4. The average Bonchev–Trinajstić information content (AvgIpc) is 3.43. The van der Waals surface area contributed by atoms with Gasteiger partial charge in [0.25, 0.3) is 5.72 Å². The SMILES string of the molecule is Cc1cn(-c2ccc(C=C3OC4(COC4)CN4C3=NOC4(CO)c3ccc(F)cc3)c3c2CC3)cn1. The van der Waals surface area contributed by atoms with Gasteiger partial charge in [-0.2, -0.15) is 0 Å². The molecule has 2 fully saturated rings. The number of imidazole rings is 1. The summed E-state index contributed by atoms with van der Waals surface area (Å²) in [7, 11) is 0. The topological polar surface area (TPSA) is 81.3 Å². The molecule has 0 amide bonds. The number of hydrogen-bond donors (Lipinski definition) is 1. The number of ether oxygens (including phenoxy) is 2. The van der Waals surface area contributed by atoms with Crippen molar-refractivity contribution < 1.29 is 23.8 Å². The van der Waals surface area contributed by atoms with Gasteiger partial charge in [0.1, 0.15) is 12.4 Å². The van der Waals surface area contributed by atoms with Gasteiger partial charge in [-0.25, -0.2) is 9.37 Å². The van der Waals surface area contributed by atoms with E-state index in [1.165, 1.54) is 23.3 Å². The van der Waals surface area contributed by atoms with Crippen LogP contribution in [-0.4, -0.2) is 57.4 Å². The van der Waals surface area contributed by atoms with Crippen molar-refractivity contribution >= 4 is 11.9 Å². The van der Waals surface area contributed by atoms with Gasteiger partial charge in [0.2, 0.25) is 5.84 Å². The van der Waals surface area contributed by atoms with Crippen LogP contribution in [0.4, 0.5) is 4.39 Å². The Kier molecular flexibility index (Phi) is 4.59. The second-order valence-electron chi connectivity index (χ2n) is 9.88. The molecule has 8 nitrogen and oxygen atoms in total. The molecule has 184 valence electrons. The normalized spacial score (nSPS) is 24.4. The predicted octanol–water partition coefficient (Wildman–Crippen LogP) is 3.05. The Morgan fingerprint density at radius 1 is 1.11 bits per heavy atom. The molecule has 0 saturated carbocycles. The van der Waals surface area contributed by atoms with Crippen molar-refractivity contribution in [2.75, 3.05) is 26.4 Å². The molecule has 1 aliphatic carbocycles. The molecule has 1 aromatic heterocycles. The van der Waals surface area contributed by atoms with Crippen LogP contribution in [0.5, 0.6) is 0 Å². The molecule has 36 heavy (non-hydrogen) atoms. The lowest BCUT2D eigenvalue weighted by atomic mass is 9.83. The summed E-state index contributed by atoms with van der Waals surface area (Å²) in [4.78, 5) is 12.2. The number of halogens is 1. The molecular formula is C27H25FN4O4. The van der Waals surface area contributed by atoms with Crippen LogP contribution in [0.1, 0.15) is 27.9 Å². The minimum absolute atomic E-state index is 0.357. The molecule has 9 heteroatoms. The second kappa shape index (κ2) is 7.65. The zero-order valence-corrected chi connectivity index (χ0v) is 19.8. The van der Waals surface area contributed by atoms with E-state index in [9.17, 15) is 9.50 Å². The van der Waals surface area contributed by atoms with Crippen molar-refractivity contribution in [2.24, 2.45) is 5.16 Å². The monoisotopic (exact) mass is 488 g/mol. The maximum absolute atomic E-state index is 13.6. The summed E-state index contributed by atoms with van der Waals surface area (Å²) in [6.45, 7) is 2.91. The molecule has 3 aromatic rings. The first-order valence-corrected chi connectivity index (χ1v) is 12.1. The molecule has 4 heterocycles. The summed E-state index contributed by atoms with van der Waals surface area (Å²) >= 11 is 0. The number of rotatable bonds is 4. The number of hydrogen-bond acceptors (Lipinski definition) is 7. The zero-order valence-electron chi connectivity index (χ0n) is 19.8. The van der Waals surface area contributed by atoms with E-state index < -0.39 is 11.3 Å². The van der Waals surface area contributed by atoms with E-state index in [0.717, 1.165) is 29.8 Å². The second-order valence-corrected chi connectivity index (χ2v) is 9.88. The number of aryl methyl sites for hydroxylation is 1. The minimum Gasteiger partial charge on any atom is -0.477 e. The van der Waals surface area contributed by atoms with Gasteiger partial charge < -0.3 is 28.9 Å². The summed E-state index contributed by atoms with van der Waals surface area (Å²) in [5.41, 5.74) is 4.55. The number of morpholine rings is 1. The van der Waals surface area contributed by atoms with Crippen LogP contribution in [0.2, 0.25) is 0 Å². The number of aliphatic hydroxyl groups excluding tert-OH is 1. The summed E-state index contributed by atoms with van der Waals surface area (Å²) in [6, 6.07) is 10.2. The maximum atomic E-state index is 13.6. The summed E-state index contributed by atoms with van der Waals surface area (Å²) < 4.78 is 27.7. The van der Waals surface area contributed by atoms with Crippen LogP contribution in [-0.2, 0) is 32.9 Å². The van der Waals surface area contributed by atoms with Crippen molar-refractivity contribution in [3.05, 3.63) is 88.4 Å². The molecule has 7 rings (SSSR count). The largest absolute Gasteiger partial charge is 0.477 e. The summed E-state index contributed by atoms with van der Waals surface area (Å²) in [6.07, 6.45) is 7.87. The lowest BCUT2D eigenvalue weighted by Gasteiger charge is -2.50. The van der Waals surface area contributed by atoms with Gasteiger partial charge in [-0.1, -0.05) is 11.2 Å². The highest BCUT2D eigenvalue weighted by molar-refractivity contribution is 6.02. The lowest BCUT2D eigenvalue weighted by molar-refractivity contribution is -0.223. The number of amidine groups is 1. The third-order valence-electron chi connectivity index (χ3n) is 7.55. The minimum atomic E-state index is -1.26. The van der Waals surface area contributed by atoms with Crippen LogP contribution >= 0.6 is 0 Å². The van der Waals surface area contributed by atoms with E-state index >= 15 is 0 Å². The molecule has 2 aromatic carbocycles. The highest BCUT2D eigenvalue weighted by atomic mass is 19.1. The number of aromatic nitrogens is 2. The standard InChI is InChI=1S/C27H25FN4O4/c1-17-11-31(16-29-17)23-9-2-18(21-7-8-22(21)23)10-24-25-30-36-27(13-33,19-3-5-20(28)6-4-19)32(25)12-26(35-24)14-34-15-26/h2-6,9-11,16,33H,7-8,12-15H2,1H3. The van der Waals surface area contributed by atoms with Crippen LogP contribution in [0, 0.1) is 12.7 Å². The van der Waals surface area contributed by atoms with E-state index in [1.807, 2.05) is 30.4 Å². The van der Waals surface area contributed by atoms with Crippen molar-refractivity contribution in [2.45, 2.75) is 31.1 Å². The van der Waals surface area contributed by atoms with E-state index in [2.05, 4.69) is 26.8 Å². The Labute approximate surface area is 207 Å². The fourth-order valence-electron chi connectivity index (χ4n) is 5.48. The first-order chi connectivity index (χ1) is 17.5. The van der Waals surface area contributed by atoms with Crippen molar-refractivity contribution in [1.29, 1.82) is 0 Å². The van der Waals surface area contributed by atoms with Gasteiger partial charge in [0.15, 0.2) is 11.4 Å². The maximum Gasteiger partial charge on any atom is 0.260 e. The highest BCUT2D eigenvalue weighted by Crippen LogP contribution is 2.44. The molecule has 1 N–H and O–H groups in total. The Morgan fingerprint density at radius 2 is 1.92 bits per heavy atom. The molecule has 2 saturated heterocycles. The molecule has 1 unspecified atom stereocenters. The van der Waals surface area contributed by atoms with E-state index in [4.69, 9.17) is 14.3 Å². The third kappa shape index (κ3) is 3.06. The number of oxime groups is 1. The zero-order chi connectivity index (χ0) is 24.5. The molecule has 4 aliphatic rings. The number of aliphatic hydroxyl groups is 1. The van der Waals surface area contributed by atoms with Crippen molar-refractivity contribution in [1.82, 2.24) is 14.5 Å². The van der Waals surface area contributed by atoms with E-state index in [-0.39, 0.29) is 12.4 Å². The molecule has 0 bridgehead atoms. The number of fused-ring (bicyclic) bond motifs is 2. The third-order valence-corrected chi connectivity index (χ3v) is 7.55. The van der Waals surface area contributed by atoms with Crippen LogP contribution < -0.4 is 0 Å². The molecular weight excluding hydrogens is 463 g/mol. The molecule has 0 radical (unpaired) electrons. The summed E-state index contributed by atoms with van der Waals surface area (Å²) in [5, 5.41) is 14.9.